The lowest BCUT2D eigenvalue weighted by Gasteiger charge is -2.17. The van der Waals surface area contributed by atoms with Gasteiger partial charge in [0.15, 0.2) is 0 Å². The summed E-state index contributed by atoms with van der Waals surface area (Å²) in [6, 6.07) is 14.0. The van der Waals surface area contributed by atoms with Gasteiger partial charge in [0.05, 0.1) is 4.90 Å². The summed E-state index contributed by atoms with van der Waals surface area (Å²) in [5.41, 5.74) is 0.943. The Hall–Kier alpha value is -0.630. The van der Waals surface area contributed by atoms with E-state index in [4.69, 9.17) is 11.6 Å². The lowest BCUT2D eigenvalue weighted by atomic mass is 10.2. The van der Waals surface area contributed by atoms with Crippen molar-refractivity contribution in [1.29, 1.82) is 0 Å². The summed E-state index contributed by atoms with van der Waals surface area (Å²) in [5, 5.41) is 0.411. The molecule has 0 radical (unpaired) electrons. The third-order valence-electron chi connectivity index (χ3n) is 2.82. The Bertz CT molecular complexity index is 701. The summed E-state index contributed by atoms with van der Waals surface area (Å²) in [6.07, 6.45) is 0. The largest absolute Gasteiger partial charge is 0.243 e. The summed E-state index contributed by atoms with van der Waals surface area (Å²) in [6.45, 7) is 0.325. The van der Waals surface area contributed by atoms with E-state index in [9.17, 15) is 8.42 Å². The molecule has 2 rings (SSSR count). The molecule has 0 amide bonds. The Balaban J connectivity index is 2.23. The fourth-order valence-corrected chi connectivity index (χ4v) is 3.56. The summed E-state index contributed by atoms with van der Waals surface area (Å²) in [7, 11) is -1.96. The molecule has 2 aromatic carbocycles. The van der Waals surface area contributed by atoms with Crippen LogP contribution in [0, 0.1) is 3.57 Å². The minimum absolute atomic E-state index is 0.206. The number of benzene rings is 2. The molecule has 0 aliphatic heterocycles. The van der Waals surface area contributed by atoms with Crippen molar-refractivity contribution >= 4 is 44.2 Å². The smallest absolute Gasteiger partial charge is 0.207 e. The fraction of sp³-hybridized carbons (Fsp3) is 0.143. The maximum atomic E-state index is 12.4. The van der Waals surface area contributed by atoms with Crippen molar-refractivity contribution in [2.24, 2.45) is 0 Å². The number of sulfonamides is 1. The Morgan fingerprint density at radius 3 is 2.40 bits per heavy atom. The molecule has 0 aliphatic rings. The second-order valence-corrected chi connectivity index (χ2v) is 8.07. The van der Waals surface area contributed by atoms with Gasteiger partial charge >= 0.3 is 0 Å². The molecular formula is C14H13ClINO2S. The van der Waals surface area contributed by atoms with Crippen molar-refractivity contribution in [3.63, 3.8) is 0 Å². The van der Waals surface area contributed by atoms with Crippen molar-refractivity contribution in [3.05, 3.63) is 62.7 Å². The van der Waals surface area contributed by atoms with E-state index in [2.05, 4.69) is 22.6 Å². The van der Waals surface area contributed by atoms with Crippen LogP contribution in [0.25, 0.3) is 0 Å². The highest BCUT2D eigenvalue weighted by Gasteiger charge is 2.20. The summed E-state index contributed by atoms with van der Waals surface area (Å²) >= 11 is 8.06. The lowest BCUT2D eigenvalue weighted by molar-refractivity contribution is 0.466. The fourth-order valence-electron chi connectivity index (χ4n) is 1.74. The molecule has 20 heavy (non-hydrogen) atoms. The molecular weight excluding hydrogens is 409 g/mol. The minimum atomic E-state index is -3.52. The van der Waals surface area contributed by atoms with Crippen LogP contribution >= 0.6 is 34.2 Å². The molecule has 0 bridgehead atoms. The third-order valence-corrected chi connectivity index (χ3v) is 5.58. The highest BCUT2D eigenvalue weighted by Crippen LogP contribution is 2.20. The molecule has 0 aromatic heterocycles. The zero-order valence-corrected chi connectivity index (χ0v) is 14.5. The van der Waals surface area contributed by atoms with Gasteiger partial charge in [-0.25, -0.2) is 8.42 Å². The zero-order valence-electron chi connectivity index (χ0n) is 10.8. The van der Waals surface area contributed by atoms with Crippen molar-refractivity contribution < 1.29 is 8.42 Å². The van der Waals surface area contributed by atoms with Crippen LogP contribution < -0.4 is 0 Å². The average molecular weight is 422 g/mol. The van der Waals surface area contributed by atoms with Crippen molar-refractivity contribution in [3.8, 4) is 0 Å². The molecule has 0 saturated carbocycles. The van der Waals surface area contributed by atoms with E-state index in [1.165, 1.54) is 10.4 Å². The van der Waals surface area contributed by atoms with Gasteiger partial charge in [-0.1, -0.05) is 29.8 Å². The molecule has 0 N–H and O–H groups in total. The number of hydrogen-bond acceptors (Lipinski definition) is 2. The first-order valence-corrected chi connectivity index (χ1v) is 8.75. The summed E-state index contributed by atoms with van der Waals surface area (Å²) in [4.78, 5) is 0.206. The van der Waals surface area contributed by atoms with Crippen LogP contribution in [-0.4, -0.2) is 19.8 Å². The predicted molar refractivity (Wildman–Crippen MR) is 89.3 cm³/mol. The molecule has 0 atom stereocenters. The van der Waals surface area contributed by atoms with Crippen LogP contribution in [-0.2, 0) is 16.6 Å². The summed E-state index contributed by atoms with van der Waals surface area (Å²) < 4.78 is 27.3. The first kappa shape index (κ1) is 15.8. The molecule has 0 fully saturated rings. The second kappa shape index (κ2) is 6.43. The maximum Gasteiger partial charge on any atom is 0.243 e. The topological polar surface area (TPSA) is 37.4 Å². The lowest BCUT2D eigenvalue weighted by Crippen LogP contribution is -2.26. The van der Waals surface area contributed by atoms with E-state index >= 15 is 0 Å². The molecule has 6 heteroatoms. The van der Waals surface area contributed by atoms with Gasteiger partial charge in [-0.3, -0.25) is 0 Å². The van der Waals surface area contributed by atoms with E-state index in [0.717, 1.165) is 9.13 Å². The van der Waals surface area contributed by atoms with E-state index in [1.807, 2.05) is 24.3 Å². The third kappa shape index (κ3) is 3.72. The van der Waals surface area contributed by atoms with Gasteiger partial charge < -0.3 is 0 Å². The van der Waals surface area contributed by atoms with E-state index < -0.39 is 10.0 Å². The molecule has 0 unspecified atom stereocenters. The van der Waals surface area contributed by atoms with Gasteiger partial charge in [0, 0.05) is 22.2 Å². The molecule has 0 spiro atoms. The van der Waals surface area contributed by atoms with Crippen molar-refractivity contribution in [2.75, 3.05) is 7.05 Å². The maximum absolute atomic E-state index is 12.4. The molecule has 2 aromatic rings. The van der Waals surface area contributed by atoms with Gasteiger partial charge in [-0.15, -0.1) is 0 Å². The zero-order chi connectivity index (χ0) is 14.8. The number of nitrogens with zero attached hydrogens (tertiary/aromatic N) is 1. The van der Waals surface area contributed by atoms with Gasteiger partial charge in [0.25, 0.3) is 0 Å². The number of rotatable bonds is 4. The van der Waals surface area contributed by atoms with Gasteiger partial charge in [-0.2, -0.15) is 4.31 Å². The van der Waals surface area contributed by atoms with E-state index in [1.54, 1.807) is 25.2 Å². The normalized spacial score (nSPS) is 11.8. The Kier molecular flexibility index (Phi) is 5.06. The highest BCUT2D eigenvalue weighted by molar-refractivity contribution is 14.1. The monoisotopic (exact) mass is 421 g/mol. The first-order valence-electron chi connectivity index (χ1n) is 5.86. The number of halogens is 2. The van der Waals surface area contributed by atoms with Crippen LogP contribution in [0.1, 0.15) is 5.56 Å². The minimum Gasteiger partial charge on any atom is -0.207 e. The Labute approximate surface area is 137 Å². The van der Waals surface area contributed by atoms with Gasteiger partial charge in [0.2, 0.25) is 10.0 Å². The standard InChI is InChI=1S/C14H13ClINO2S/c1-17(10-11-5-7-13(16)8-6-11)20(18,19)14-4-2-3-12(15)9-14/h2-9H,10H2,1H3. The Morgan fingerprint density at radius 2 is 1.80 bits per heavy atom. The molecule has 106 valence electrons. The first-order chi connectivity index (χ1) is 9.39. The van der Waals surface area contributed by atoms with Crippen molar-refractivity contribution in [1.82, 2.24) is 4.31 Å². The summed E-state index contributed by atoms with van der Waals surface area (Å²) in [5.74, 6) is 0. The van der Waals surface area contributed by atoms with Crippen LogP contribution in [0.15, 0.2) is 53.4 Å². The van der Waals surface area contributed by atoms with Crippen LogP contribution in [0.4, 0.5) is 0 Å². The SMILES string of the molecule is CN(Cc1ccc(I)cc1)S(=O)(=O)c1cccc(Cl)c1. The van der Waals surface area contributed by atoms with Gasteiger partial charge in [0.1, 0.15) is 0 Å². The van der Waals surface area contributed by atoms with Crippen LogP contribution in [0.5, 0.6) is 0 Å². The molecule has 0 aliphatic carbocycles. The average Bonchev–Trinajstić information content (AvgIpc) is 2.41. The molecule has 0 saturated heterocycles. The number of hydrogen-bond donors (Lipinski definition) is 0. The van der Waals surface area contributed by atoms with Crippen LogP contribution in [0.3, 0.4) is 0 Å². The van der Waals surface area contributed by atoms with E-state index in [0.29, 0.717) is 11.6 Å². The van der Waals surface area contributed by atoms with Gasteiger partial charge in [-0.05, 0) is 58.5 Å². The predicted octanol–water partition coefficient (Wildman–Crippen LogP) is 3.77. The Morgan fingerprint density at radius 1 is 1.15 bits per heavy atom. The second-order valence-electron chi connectivity index (χ2n) is 4.34. The van der Waals surface area contributed by atoms with E-state index in [-0.39, 0.29) is 4.90 Å². The van der Waals surface area contributed by atoms with Crippen LogP contribution in [0.2, 0.25) is 5.02 Å². The molecule has 0 heterocycles. The van der Waals surface area contributed by atoms with Crippen molar-refractivity contribution in [2.45, 2.75) is 11.4 Å². The quantitative estimate of drug-likeness (QED) is 0.705. The molecule has 3 nitrogen and oxygen atoms in total. The highest BCUT2D eigenvalue weighted by atomic mass is 127.